The van der Waals surface area contributed by atoms with Crippen LogP contribution in [0.15, 0.2) is 42.6 Å². The Balaban J connectivity index is 1.63. The van der Waals surface area contributed by atoms with Gasteiger partial charge in [-0.1, -0.05) is 0 Å². The lowest BCUT2D eigenvalue weighted by molar-refractivity contribution is 0.0955. The maximum atomic E-state index is 12.1. The molecule has 2 heterocycles. The van der Waals surface area contributed by atoms with Crippen LogP contribution in [0.2, 0.25) is 0 Å². The van der Waals surface area contributed by atoms with E-state index in [0.717, 1.165) is 16.6 Å². The summed E-state index contributed by atoms with van der Waals surface area (Å²) in [5.41, 5.74) is 3.07. The van der Waals surface area contributed by atoms with Gasteiger partial charge in [0, 0.05) is 30.2 Å². The summed E-state index contributed by atoms with van der Waals surface area (Å²) in [6.45, 7) is 2.44. The first-order valence-electron chi connectivity index (χ1n) is 9.17. The molecule has 148 valence electrons. The summed E-state index contributed by atoms with van der Waals surface area (Å²) in [4.78, 5) is 16.7. The molecule has 0 aliphatic carbocycles. The van der Waals surface area contributed by atoms with E-state index in [-0.39, 0.29) is 5.91 Å². The monoisotopic (exact) mass is 391 g/mol. The minimum atomic E-state index is -0.150. The van der Waals surface area contributed by atoms with E-state index in [9.17, 15) is 4.79 Å². The zero-order chi connectivity index (χ0) is 20.4. The van der Waals surface area contributed by atoms with Crippen molar-refractivity contribution >= 4 is 28.4 Å². The molecular weight excluding hydrogens is 370 g/mol. The molecule has 0 atom stereocenters. The number of ether oxygens (including phenoxy) is 1. The first kappa shape index (κ1) is 18.5. The largest absolute Gasteiger partial charge is 0.496 e. The fourth-order valence-corrected chi connectivity index (χ4v) is 3.04. The van der Waals surface area contributed by atoms with Crippen LogP contribution in [-0.2, 0) is 7.05 Å². The average molecular weight is 391 g/mol. The number of nitrogens with one attached hydrogen (secondary N) is 3. The fraction of sp³-hybridized carbons (Fsp3) is 0.200. The van der Waals surface area contributed by atoms with E-state index in [1.807, 2.05) is 32.2 Å². The van der Waals surface area contributed by atoms with Gasteiger partial charge in [0.15, 0.2) is 5.82 Å². The third-order valence-corrected chi connectivity index (χ3v) is 4.50. The summed E-state index contributed by atoms with van der Waals surface area (Å²) in [6.07, 6.45) is 1.77. The highest BCUT2D eigenvalue weighted by Crippen LogP contribution is 2.30. The van der Waals surface area contributed by atoms with Gasteiger partial charge in [0.2, 0.25) is 5.95 Å². The van der Waals surface area contributed by atoms with Gasteiger partial charge in [0.25, 0.3) is 5.91 Å². The van der Waals surface area contributed by atoms with Gasteiger partial charge < -0.3 is 15.4 Å². The number of benzene rings is 2. The van der Waals surface area contributed by atoms with Crippen LogP contribution >= 0.6 is 0 Å². The molecule has 0 fully saturated rings. The van der Waals surface area contributed by atoms with Crippen LogP contribution < -0.4 is 15.4 Å². The zero-order valence-electron chi connectivity index (χ0n) is 16.4. The molecule has 0 unspecified atom stereocenters. The number of aryl methyl sites for hydroxylation is 1. The Morgan fingerprint density at radius 3 is 2.90 bits per heavy atom. The molecule has 9 heteroatoms. The molecule has 0 saturated carbocycles. The second-order valence-corrected chi connectivity index (χ2v) is 6.45. The van der Waals surface area contributed by atoms with Crippen LogP contribution in [0.5, 0.6) is 5.75 Å². The predicted molar refractivity (Wildman–Crippen MR) is 110 cm³/mol. The van der Waals surface area contributed by atoms with Crippen molar-refractivity contribution in [2.45, 2.75) is 6.92 Å². The van der Waals surface area contributed by atoms with Crippen LogP contribution in [0.4, 0.5) is 11.6 Å². The van der Waals surface area contributed by atoms with Crippen molar-refractivity contribution in [1.82, 2.24) is 30.3 Å². The van der Waals surface area contributed by atoms with Crippen LogP contribution in [0, 0.1) is 0 Å². The topological polar surface area (TPSA) is 110 Å². The summed E-state index contributed by atoms with van der Waals surface area (Å²) in [6, 6.07) is 11.1. The second kappa shape index (κ2) is 7.63. The maximum Gasteiger partial charge on any atom is 0.251 e. The molecule has 3 N–H and O–H groups in total. The number of methoxy groups -OCH3 is 1. The van der Waals surface area contributed by atoms with E-state index >= 15 is 0 Å². The lowest BCUT2D eigenvalue weighted by Crippen LogP contribution is -2.22. The number of H-pyrrole nitrogens is 1. The first-order chi connectivity index (χ1) is 14.1. The summed E-state index contributed by atoms with van der Waals surface area (Å²) in [5.74, 6) is 1.46. The highest BCUT2D eigenvalue weighted by Gasteiger charge is 2.16. The SMILES string of the molecule is CCNC(=O)c1ccc(-c2nc(Nc3ccc4[nH]ncc4c3)n(C)n2)c(OC)c1. The van der Waals surface area contributed by atoms with Gasteiger partial charge in [0.1, 0.15) is 5.75 Å². The van der Waals surface area contributed by atoms with Crippen molar-refractivity contribution in [3.8, 4) is 17.1 Å². The van der Waals surface area contributed by atoms with E-state index in [1.165, 1.54) is 0 Å². The highest BCUT2D eigenvalue weighted by molar-refractivity contribution is 5.95. The Labute approximate surface area is 167 Å². The normalized spacial score (nSPS) is 10.9. The molecule has 9 nitrogen and oxygen atoms in total. The molecule has 0 aliphatic rings. The molecule has 1 amide bonds. The number of fused-ring (bicyclic) bond motifs is 1. The molecule has 0 spiro atoms. The molecular formula is C20H21N7O2. The van der Waals surface area contributed by atoms with Crippen molar-refractivity contribution in [3.63, 3.8) is 0 Å². The molecule has 0 aliphatic heterocycles. The lowest BCUT2D eigenvalue weighted by atomic mass is 10.1. The number of aromatic amines is 1. The van der Waals surface area contributed by atoms with Crippen molar-refractivity contribution < 1.29 is 9.53 Å². The Hall–Kier alpha value is -3.88. The number of carbonyl (C=O) groups is 1. The van der Waals surface area contributed by atoms with Gasteiger partial charge in [0.05, 0.1) is 24.4 Å². The van der Waals surface area contributed by atoms with E-state index in [0.29, 0.717) is 35.2 Å². The van der Waals surface area contributed by atoms with Crippen LogP contribution in [0.3, 0.4) is 0 Å². The summed E-state index contributed by atoms with van der Waals surface area (Å²) >= 11 is 0. The average Bonchev–Trinajstić information content (AvgIpc) is 3.34. The second-order valence-electron chi connectivity index (χ2n) is 6.45. The van der Waals surface area contributed by atoms with Gasteiger partial charge in [-0.25, -0.2) is 4.68 Å². The molecule has 4 rings (SSSR count). The molecule has 0 radical (unpaired) electrons. The van der Waals surface area contributed by atoms with Crippen LogP contribution in [0.1, 0.15) is 17.3 Å². The summed E-state index contributed by atoms with van der Waals surface area (Å²) in [7, 11) is 3.37. The lowest BCUT2D eigenvalue weighted by Gasteiger charge is -2.08. The third-order valence-electron chi connectivity index (χ3n) is 4.50. The predicted octanol–water partition coefficient (Wildman–Crippen LogP) is 2.86. The molecule has 2 aromatic heterocycles. The summed E-state index contributed by atoms with van der Waals surface area (Å²) < 4.78 is 7.13. The van der Waals surface area contributed by atoms with Crippen molar-refractivity contribution in [2.24, 2.45) is 7.05 Å². The van der Waals surface area contributed by atoms with E-state index < -0.39 is 0 Å². The smallest absolute Gasteiger partial charge is 0.251 e. The van der Waals surface area contributed by atoms with Crippen molar-refractivity contribution in [1.29, 1.82) is 0 Å². The molecule has 29 heavy (non-hydrogen) atoms. The Kier molecular flexibility index (Phi) is 4.86. The quantitative estimate of drug-likeness (QED) is 0.466. The number of carbonyl (C=O) groups excluding carboxylic acids is 1. The Bertz CT molecular complexity index is 1180. The van der Waals surface area contributed by atoms with Crippen molar-refractivity contribution in [3.05, 3.63) is 48.2 Å². The summed E-state index contributed by atoms with van der Waals surface area (Å²) in [5, 5.41) is 18.5. The molecule has 0 bridgehead atoms. The molecule has 0 saturated heterocycles. The number of anilines is 2. The van der Waals surface area contributed by atoms with Gasteiger partial charge in [-0.05, 0) is 43.3 Å². The van der Waals surface area contributed by atoms with Gasteiger partial charge >= 0.3 is 0 Å². The van der Waals surface area contributed by atoms with Crippen molar-refractivity contribution in [2.75, 3.05) is 19.0 Å². The van der Waals surface area contributed by atoms with E-state index in [2.05, 4.69) is 30.9 Å². The number of hydrogen-bond acceptors (Lipinski definition) is 6. The van der Waals surface area contributed by atoms with Gasteiger partial charge in [-0.3, -0.25) is 9.89 Å². The Morgan fingerprint density at radius 1 is 1.24 bits per heavy atom. The van der Waals surface area contributed by atoms with Gasteiger partial charge in [-0.15, -0.1) is 5.10 Å². The fourth-order valence-electron chi connectivity index (χ4n) is 3.04. The Morgan fingerprint density at radius 2 is 2.10 bits per heavy atom. The number of rotatable bonds is 6. The highest BCUT2D eigenvalue weighted by atomic mass is 16.5. The molecule has 2 aromatic carbocycles. The minimum absolute atomic E-state index is 0.150. The maximum absolute atomic E-state index is 12.1. The number of aromatic nitrogens is 5. The number of nitrogens with zero attached hydrogens (tertiary/aromatic N) is 4. The minimum Gasteiger partial charge on any atom is -0.496 e. The van der Waals surface area contributed by atoms with Gasteiger partial charge in [-0.2, -0.15) is 10.1 Å². The third kappa shape index (κ3) is 3.62. The van der Waals surface area contributed by atoms with E-state index in [1.54, 1.807) is 36.2 Å². The zero-order valence-corrected chi connectivity index (χ0v) is 16.4. The van der Waals surface area contributed by atoms with E-state index in [4.69, 9.17) is 4.74 Å². The molecule has 4 aromatic rings. The number of hydrogen-bond donors (Lipinski definition) is 3. The number of amides is 1. The van der Waals surface area contributed by atoms with Crippen LogP contribution in [-0.4, -0.2) is 44.5 Å². The first-order valence-corrected chi connectivity index (χ1v) is 9.17. The standard InChI is InChI=1S/C20H21N7O2/c1-4-21-19(28)12-5-7-15(17(10-12)29-3)18-24-20(27(2)26-18)23-14-6-8-16-13(9-14)11-22-25-16/h5-11H,4H2,1-3H3,(H,21,28)(H,22,25)(H,23,24,26). The van der Waals surface area contributed by atoms with Crippen LogP contribution in [0.25, 0.3) is 22.3 Å².